The van der Waals surface area contributed by atoms with Gasteiger partial charge in [0.2, 0.25) is 0 Å². The maximum atomic E-state index is 8.88. The molecule has 15 heavy (non-hydrogen) atoms. The molecular weight excluding hydrogens is 235 g/mol. The molecule has 4 heteroatoms. The molecule has 82 valence electrons. The summed E-state index contributed by atoms with van der Waals surface area (Å²) in [5, 5.41) is 9.94. The molecule has 1 aromatic carbocycles. The fourth-order valence-electron chi connectivity index (χ4n) is 1.55. The van der Waals surface area contributed by atoms with Crippen molar-refractivity contribution < 1.29 is 9.84 Å². The van der Waals surface area contributed by atoms with Gasteiger partial charge in [-0.15, -0.1) is 0 Å². The predicted octanol–water partition coefficient (Wildman–Crippen LogP) is 3.00. The number of aliphatic hydroxyl groups is 1. The average molecular weight is 247 g/mol. The van der Waals surface area contributed by atoms with Crippen molar-refractivity contribution in [2.45, 2.75) is 6.42 Å². The van der Waals surface area contributed by atoms with Gasteiger partial charge >= 0.3 is 0 Å². The minimum absolute atomic E-state index is 0.240. The van der Waals surface area contributed by atoms with Gasteiger partial charge in [0.1, 0.15) is 0 Å². The van der Waals surface area contributed by atoms with Crippen LogP contribution in [0.2, 0.25) is 10.0 Å². The van der Waals surface area contributed by atoms with Gasteiger partial charge in [0.05, 0.1) is 16.7 Å². The van der Waals surface area contributed by atoms with E-state index in [9.17, 15) is 0 Å². The Morgan fingerprint density at radius 1 is 1.27 bits per heavy atom. The molecule has 0 spiro atoms. The molecule has 1 aromatic rings. The molecule has 0 amide bonds. The van der Waals surface area contributed by atoms with Crippen LogP contribution in [-0.4, -0.2) is 18.3 Å². The molecule has 0 aromatic heterocycles. The molecule has 0 aliphatic heterocycles. The lowest BCUT2D eigenvalue weighted by molar-refractivity contribution is 0.243. The van der Waals surface area contributed by atoms with Gasteiger partial charge in [-0.25, -0.2) is 0 Å². The summed E-state index contributed by atoms with van der Waals surface area (Å²) >= 11 is 11.9. The van der Waals surface area contributed by atoms with E-state index in [2.05, 4.69) is 0 Å². The number of hydrogen-bond donors (Lipinski definition) is 1. The minimum atomic E-state index is 0.240. The number of aliphatic hydroxyl groups excluding tert-OH is 1. The van der Waals surface area contributed by atoms with Gasteiger partial charge in [-0.05, 0) is 30.4 Å². The fourth-order valence-corrected chi connectivity index (χ4v) is 2.06. The van der Waals surface area contributed by atoms with E-state index in [-0.39, 0.29) is 6.61 Å². The van der Waals surface area contributed by atoms with E-state index in [1.165, 1.54) is 0 Å². The van der Waals surface area contributed by atoms with Gasteiger partial charge in [0, 0.05) is 6.61 Å². The molecule has 0 radical (unpaired) electrons. The van der Waals surface area contributed by atoms with E-state index in [1.54, 1.807) is 18.2 Å². The lowest BCUT2D eigenvalue weighted by Gasteiger charge is -2.08. The number of para-hydroxylation sites is 1. The van der Waals surface area contributed by atoms with Gasteiger partial charge in [-0.2, -0.15) is 0 Å². The Kier molecular flexibility index (Phi) is 3.39. The van der Waals surface area contributed by atoms with Crippen LogP contribution in [0.5, 0.6) is 5.75 Å². The van der Waals surface area contributed by atoms with Crippen LogP contribution in [0, 0.1) is 11.8 Å². The molecular formula is C11H12Cl2O2. The zero-order chi connectivity index (χ0) is 10.8. The van der Waals surface area contributed by atoms with Gasteiger partial charge in [-0.3, -0.25) is 0 Å². The van der Waals surface area contributed by atoms with Crippen molar-refractivity contribution in [3.8, 4) is 5.75 Å². The molecule has 2 rings (SSSR count). The summed E-state index contributed by atoms with van der Waals surface area (Å²) in [7, 11) is 0. The lowest BCUT2D eigenvalue weighted by atomic mass is 10.3. The van der Waals surface area contributed by atoms with Gasteiger partial charge in [0.25, 0.3) is 0 Å². The largest absolute Gasteiger partial charge is 0.490 e. The fraction of sp³-hybridized carbons (Fsp3) is 0.455. The van der Waals surface area contributed by atoms with Crippen molar-refractivity contribution in [2.75, 3.05) is 13.2 Å². The van der Waals surface area contributed by atoms with Crippen LogP contribution in [0.15, 0.2) is 18.2 Å². The molecule has 1 saturated carbocycles. The van der Waals surface area contributed by atoms with Crippen LogP contribution in [-0.2, 0) is 0 Å². The van der Waals surface area contributed by atoms with Crippen LogP contribution in [0.4, 0.5) is 0 Å². The highest BCUT2D eigenvalue weighted by molar-refractivity contribution is 6.37. The normalized spacial score (nSPS) is 23.9. The first-order valence-corrected chi connectivity index (χ1v) is 5.65. The number of halogens is 2. The van der Waals surface area contributed by atoms with Crippen molar-refractivity contribution in [3.63, 3.8) is 0 Å². The molecule has 2 nitrogen and oxygen atoms in total. The topological polar surface area (TPSA) is 29.5 Å². The average Bonchev–Trinajstić information content (AvgIpc) is 2.96. The first-order valence-electron chi connectivity index (χ1n) is 4.90. The summed E-state index contributed by atoms with van der Waals surface area (Å²) < 4.78 is 5.55. The molecule has 0 bridgehead atoms. The van der Waals surface area contributed by atoms with Crippen LogP contribution in [0.1, 0.15) is 6.42 Å². The summed E-state index contributed by atoms with van der Waals surface area (Å²) in [6.45, 7) is 0.818. The highest BCUT2D eigenvalue weighted by atomic mass is 35.5. The summed E-state index contributed by atoms with van der Waals surface area (Å²) in [6, 6.07) is 5.28. The molecule has 2 unspecified atom stereocenters. The lowest BCUT2D eigenvalue weighted by Crippen LogP contribution is -2.03. The zero-order valence-electron chi connectivity index (χ0n) is 8.12. The van der Waals surface area contributed by atoms with Crippen LogP contribution in [0.25, 0.3) is 0 Å². The van der Waals surface area contributed by atoms with Gasteiger partial charge < -0.3 is 9.84 Å². The molecule has 2 atom stereocenters. The second-order valence-corrected chi connectivity index (χ2v) is 4.61. The Balaban J connectivity index is 1.94. The second kappa shape index (κ2) is 4.60. The van der Waals surface area contributed by atoms with E-state index in [1.807, 2.05) is 0 Å². The molecule has 1 aliphatic carbocycles. The number of benzene rings is 1. The van der Waals surface area contributed by atoms with Gasteiger partial charge in [-0.1, -0.05) is 29.3 Å². The molecule has 0 saturated heterocycles. The maximum absolute atomic E-state index is 8.88. The summed E-state index contributed by atoms with van der Waals surface area (Å²) in [5.41, 5.74) is 0. The third kappa shape index (κ3) is 2.57. The summed E-state index contributed by atoms with van der Waals surface area (Å²) in [5.74, 6) is 1.39. The minimum Gasteiger partial charge on any atom is -0.490 e. The SMILES string of the molecule is OCC1CC1COc1c(Cl)cccc1Cl. The first kappa shape index (κ1) is 11.1. The summed E-state index contributed by atoms with van der Waals surface area (Å²) in [4.78, 5) is 0. The first-order chi connectivity index (χ1) is 7.22. The van der Waals surface area contributed by atoms with Crippen molar-refractivity contribution >= 4 is 23.2 Å². The number of rotatable bonds is 4. The maximum Gasteiger partial charge on any atom is 0.156 e. The van der Waals surface area contributed by atoms with Crippen LogP contribution in [0.3, 0.4) is 0 Å². The Morgan fingerprint density at radius 3 is 2.47 bits per heavy atom. The van der Waals surface area contributed by atoms with Crippen LogP contribution >= 0.6 is 23.2 Å². The van der Waals surface area contributed by atoms with E-state index in [4.69, 9.17) is 33.0 Å². The Labute approximate surface area is 98.8 Å². The van der Waals surface area contributed by atoms with E-state index in [0.29, 0.717) is 34.2 Å². The Bertz CT molecular complexity index is 334. The van der Waals surface area contributed by atoms with E-state index in [0.717, 1.165) is 6.42 Å². The monoisotopic (exact) mass is 246 g/mol. The molecule has 1 N–H and O–H groups in total. The zero-order valence-corrected chi connectivity index (χ0v) is 9.63. The van der Waals surface area contributed by atoms with Crippen LogP contribution < -0.4 is 4.74 Å². The number of ether oxygens (including phenoxy) is 1. The van der Waals surface area contributed by atoms with Crippen molar-refractivity contribution in [1.29, 1.82) is 0 Å². The van der Waals surface area contributed by atoms with E-state index >= 15 is 0 Å². The second-order valence-electron chi connectivity index (χ2n) is 3.80. The smallest absolute Gasteiger partial charge is 0.156 e. The highest BCUT2D eigenvalue weighted by Gasteiger charge is 2.37. The Morgan fingerprint density at radius 2 is 1.93 bits per heavy atom. The molecule has 1 aliphatic rings. The molecule has 1 fully saturated rings. The third-order valence-corrected chi connectivity index (χ3v) is 3.26. The van der Waals surface area contributed by atoms with Crippen molar-refractivity contribution in [3.05, 3.63) is 28.2 Å². The highest BCUT2D eigenvalue weighted by Crippen LogP contribution is 2.40. The van der Waals surface area contributed by atoms with E-state index < -0.39 is 0 Å². The van der Waals surface area contributed by atoms with Crippen molar-refractivity contribution in [1.82, 2.24) is 0 Å². The van der Waals surface area contributed by atoms with Gasteiger partial charge in [0.15, 0.2) is 5.75 Å². The molecule has 0 heterocycles. The summed E-state index contributed by atoms with van der Waals surface area (Å²) in [6.07, 6.45) is 1.03. The third-order valence-electron chi connectivity index (χ3n) is 2.66. The number of hydrogen-bond acceptors (Lipinski definition) is 2. The van der Waals surface area contributed by atoms with Crippen molar-refractivity contribution in [2.24, 2.45) is 11.8 Å². The standard InChI is InChI=1S/C11H12Cl2O2/c12-9-2-1-3-10(13)11(9)15-6-8-4-7(8)5-14/h1-3,7-8,14H,4-6H2. The predicted molar refractivity (Wildman–Crippen MR) is 60.6 cm³/mol. The Hall–Kier alpha value is -0.440. The quantitative estimate of drug-likeness (QED) is 0.886.